The Labute approximate surface area is 262 Å². The number of H-pyrrole nitrogens is 1. The van der Waals surface area contributed by atoms with Gasteiger partial charge in [-0.2, -0.15) is 0 Å². The Kier molecular flexibility index (Phi) is 13.6. The minimum absolute atomic E-state index is 0.101. The van der Waals surface area contributed by atoms with Gasteiger partial charge in [0, 0.05) is 37.4 Å². The predicted octanol–water partition coefficient (Wildman–Crippen LogP) is 5.02. The number of hydrogen-bond donors (Lipinski definition) is 3. The molecule has 240 valence electrons. The monoisotopic (exact) mass is 619 g/mol. The summed E-state index contributed by atoms with van der Waals surface area (Å²) in [6, 6.07) is 20.0. The van der Waals surface area contributed by atoms with E-state index >= 15 is 0 Å². The van der Waals surface area contributed by atoms with Gasteiger partial charge in [-0.3, -0.25) is 9.59 Å². The van der Waals surface area contributed by atoms with Crippen molar-refractivity contribution in [3.05, 3.63) is 99.3 Å². The molecule has 1 unspecified atom stereocenters. The van der Waals surface area contributed by atoms with Gasteiger partial charge in [-0.15, -0.1) is 0 Å². The number of benzene rings is 3. The summed E-state index contributed by atoms with van der Waals surface area (Å²) < 4.78 is 26.3. The predicted molar refractivity (Wildman–Crippen MR) is 173 cm³/mol. The summed E-state index contributed by atoms with van der Waals surface area (Å²) in [5.41, 5.74) is 8.20. The van der Waals surface area contributed by atoms with Crippen LogP contribution in [0.1, 0.15) is 51.2 Å². The Morgan fingerprint density at radius 3 is 2.11 bits per heavy atom. The van der Waals surface area contributed by atoms with Crippen molar-refractivity contribution >= 4 is 28.5 Å². The number of rotatable bonds is 13. The molecule has 3 aromatic carbocycles. The van der Waals surface area contributed by atoms with E-state index in [1.54, 1.807) is 45.4 Å². The zero-order chi connectivity index (χ0) is 32.8. The van der Waals surface area contributed by atoms with Crippen LogP contribution in [-0.2, 0) is 14.2 Å². The molecule has 1 amide bonds. The van der Waals surface area contributed by atoms with Crippen LogP contribution < -0.4 is 26.1 Å². The number of ether oxygens (including phenoxy) is 5. The van der Waals surface area contributed by atoms with Gasteiger partial charge in [0.1, 0.15) is 18.8 Å². The minimum atomic E-state index is -0.625. The number of aromatic amines is 1. The summed E-state index contributed by atoms with van der Waals surface area (Å²) in [6.07, 6.45) is 1.00. The maximum atomic E-state index is 13.0. The quantitative estimate of drug-likeness (QED) is 0.138. The molecule has 0 radical (unpaired) electrons. The lowest BCUT2D eigenvalue weighted by atomic mass is 10.1. The lowest BCUT2D eigenvalue weighted by Gasteiger charge is -2.14. The van der Waals surface area contributed by atoms with Crippen molar-refractivity contribution in [2.24, 2.45) is 5.73 Å². The third-order valence-electron chi connectivity index (χ3n) is 6.82. The van der Waals surface area contributed by atoms with Crippen molar-refractivity contribution in [3.63, 3.8) is 0 Å². The van der Waals surface area contributed by atoms with Crippen LogP contribution in [0, 0.1) is 6.92 Å². The Hall–Kier alpha value is -4.71. The fraction of sp³-hybridized carbons (Fsp3) is 0.324. The lowest BCUT2D eigenvalue weighted by molar-refractivity contribution is 0.0600. The number of anilines is 1. The second-order valence-electron chi connectivity index (χ2n) is 9.98. The van der Waals surface area contributed by atoms with Gasteiger partial charge < -0.3 is 39.7 Å². The number of carbonyl (C=O) groups excluding carboxylic acids is 2. The number of nitrogens with two attached hydrogens (primary N) is 1. The molecule has 45 heavy (non-hydrogen) atoms. The molecule has 0 aliphatic carbocycles. The van der Waals surface area contributed by atoms with Crippen LogP contribution in [0.15, 0.2) is 71.5 Å². The number of aryl methyl sites for hydroxylation is 1. The average molecular weight is 620 g/mol. The van der Waals surface area contributed by atoms with E-state index in [0.717, 1.165) is 12.0 Å². The Morgan fingerprint density at radius 1 is 0.867 bits per heavy atom. The van der Waals surface area contributed by atoms with Crippen molar-refractivity contribution in [3.8, 4) is 11.5 Å². The largest absolute Gasteiger partial charge is 0.487 e. The third kappa shape index (κ3) is 9.90. The highest BCUT2D eigenvalue weighted by Gasteiger charge is 2.17. The van der Waals surface area contributed by atoms with E-state index < -0.39 is 17.4 Å². The molecule has 11 heteroatoms. The minimum Gasteiger partial charge on any atom is -0.487 e. The van der Waals surface area contributed by atoms with E-state index in [9.17, 15) is 14.4 Å². The van der Waals surface area contributed by atoms with E-state index in [-0.39, 0.29) is 30.4 Å². The fourth-order valence-corrected chi connectivity index (χ4v) is 4.21. The number of hydrogen-bond acceptors (Lipinski definition) is 9. The molecule has 0 aliphatic rings. The molecule has 0 saturated carbocycles. The average Bonchev–Trinajstić information content (AvgIpc) is 3.05. The fourth-order valence-electron chi connectivity index (χ4n) is 4.21. The molecular formula is C34H41N3O8. The molecule has 1 aromatic heterocycles. The number of aromatic nitrogens is 1. The first-order chi connectivity index (χ1) is 21.7. The molecule has 0 fully saturated rings. The van der Waals surface area contributed by atoms with E-state index in [2.05, 4.69) is 29.4 Å². The first-order valence-electron chi connectivity index (χ1n) is 14.5. The summed E-state index contributed by atoms with van der Waals surface area (Å²) >= 11 is 0. The number of methoxy groups -OCH3 is 3. The van der Waals surface area contributed by atoms with E-state index in [1.807, 2.05) is 18.2 Å². The number of nitrogens with one attached hydrogen (secondary N) is 2. The Bertz CT molecular complexity index is 1620. The molecule has 1 heterocycles. The summed E-state index contributed by atoms with van der Waals surface area (Å²) in [6.45, 7) is 5.20. The zero-order valence-electron chi connectivity index (χ0n) is 26.3. The van der Waals surface area contributed by atoms with Gasteiger partial charge in [0.2, 0.25) is 0 Å². The summed E-state index contributed by atoms with van der Waals surface area (Å²) in [5, 5.41) is 3.27. The van der Waals surface area contributed by atoms with Crippen LogP contribution >= 0.6 is 0 Å². The molecular weight excluding hydrogens is 578 g/mol. The van der Waals surface area contributed by atoms with Crippen LogP contribution in [0.3, 0.4) is 0 Å². The van der Waals surface area contributed by atoms with Gasteiger partial charge in [0.15, 0.2) is 11.5 Å². The van der Waals surface area contributed by atoms with Gasteiger partial charge in [-0.05, 0) is 48.7 Å². The molecule has 0 spiro atoms. The van der Waals surface area contributed by atoms with Gasteiger partial charge >= 0.3 is 5.97 Å². The first kappa shape index (κ1) is 34.8. The number of amides is 1. The van der Waals surface area contributed by atoms with E-state index in [1.165, 1.54) is 24.8 Å². The summed E-state index contributed by atoms with van der Waals surface area (Å²) in [7, 11) is 4.41. The van der Waals surface area contributed by atoms with Gasteiger partial charge in [0.25, 0.3) is 11.5 Å². The second-order valence-corrected chi connectivity index (χ2v) is 9.98. The van der Waals surface area contributed by atoms with Gasteiger partial charge in [0.05, 0.1) is 31.4 Å². The molecule has 0 aliphatic heterocycles. The Balaban J connectivity index is 0.000000468. The first-order valence-corrected chi connectivity index (χ1v) is 14.5. The maximum Gasteiger partial charge on any atom is 0.337 e. The molecule has 0 bridgehead atoms. The number of fused-ring (bicyclic) bond motifs is 1. The van der Waals surface area contributed by atoms with Crippen LogP contribution in [0.4, 0.5) is 5.69 Å². The van der Waals surface area contributed by atoms with Gasteiger partial charge in [-0.25, -0.2) is 4.79 Å². The molecule has 11 nitrogen and oxygen atoms in total. The number of carbonyl (C=O) groups is 2. The van der Waals surface area contributed by atoms with Crippen molar-refractivity contribution in [2.75, 3.05) is 53.1 Å². The second kappa shape index (κ2) is 17.6. The zero-order valence-corrected chi connectivity index (χ0v) is 26.3. The molecule has 0 saturated heterocycles. The maximum absolute atomic E-state index is 13.0. The van der Waals surface area contributed by atoms with Crippen molar-refractivity contribution in [1.82, 2.24) is 4.98 Å². The summed E-state index contributed by atoms with van der Waals surface area (Å²) in [4.78, 5) is 40.3. The molecule has 1 atom stereocenters. The SMILES string of the molecule is CCC(N)c1ccccc1.COCCOc1cc2cc(C(=O)Nc3cc(C(=O)OC)ccc3C)c(=O)[nH]c2cc1OCCOC. The third-order valence-corrected chi connectivity index (χ3v) is 6.82. The van der Waals surface area contributed by atoms with Crippen LogP contribution in [0.25, 0.3) is 10.9 Å². The number of pyridine rings is 1. The molecule has 4 N–H and O–H groups in total. The van der Waals surface area contributed by atoms with Gasteiger partial charge in [-0.1, -0.05) is 43.3 Å². The topological polar surface area (TPSA) is 151 Å². The highest BCUT2D eigenvalue weighted by atomic mass is 16.5. The van der Waals surface area contributed by atoms with E-state index in [4.69, 9.17) is 29.4 Å². The Morgan fingerprint density at radius 2 is 1.51 bits per heavy atom. The highest BCUT2D eigenvalue weighted by Crippen LogP contribution is 2.32. The van der Waals surface area contributed by atoms with Crippen LogP contribution in [0.2, 0.25) is 0 Å². The van der Waals surface area contributed by atoms with E-state index in [0.29, 0.717) is 41.3 Å². The normalized spacial score (nSPS) is 11.2. The highest BCUT2D eigenvalue weighted by molar-refractivity contribution is 6.06. The number of esters is 1. The van der Waals surface area contributed by atoms with Crippen molar-refractivity contribution in [1.29, 1.82) is 0 Å². The van der Waals surface area contributed by atoms with Crippen molar-refractivity contribution < 1.29 is 33.3 Å². The summed E-state index contributed by atoms with van der Waals surface area (Å²) in [5.74, 6) is -0.298. The van der Waals surface area contributed by atoms with Crippen molar-refractivity contribution in [2.45, 2.75) is 26.3 Å². The lowest BCUT2D eigenvalue weighted by Crippen LogP contribution is -2.23. The standard InChI is InChI=1S/C25H28N2O8.C9H13N/c1-15-5-6-16(25(30)33-4)12-19(15)26-23(28)18-11-17-13-21(34-9-7-31-2)22(35-10-8-32-3)14-20(17)27-24(18)29;1-2-9(10)8-6-4-3-5-7-8/h5-6,11-14H,7-10H2,1-4H3,(H,26,28)(H,27,29);3-7,9H,2,10H2,1H3. The van der Waals surface area contributed by atoms with Crippen LogP contribution in [0.5, 0.6) is 11.5 Å². The molecule has 4 rings (SSSR count). The van der Waals surface area contributed by atoms with Crippen LogP contribution in [-0.4, -0.2) is 64.6 Å². The molecule has 4 aromatic rings. The smallest absolute Gasteiger partial charge is 0.337 e.